The molecule has 2 atom stereocenters. The van der Waals surface area contributed by atoms with Gasteiger partial charge in [0.05, 0.1) is 6.33 Å². The lowest BCUT2D eigenvalue weighted by Gasteiger charge is -2.29. The molecular formula is C38H66N2. The van der Waals surface area contributed by atoms with Crippen LogP contribution >= 0.6 is 0 Å². The van der Waals surface area contributed by atoms with E-state index in [1.165, 1.54) is 166 Å². The van der Waals surface area contributed by atoms with Gasteiger partial charge in [-0.15, -0.1) is 0 Å². The first kappa shape index (κ1) is 34.6. The maximum atomic E-state index is 4.46. The molecule has 0 radical (unpaired) electrons. The average molecular weight is 551 g/mol. The fourth-order valence-corrected chi connectivity index (χ4v) is 6.53. The molecule has 0 fully saturated rings. The van der Waals surface area contributed by atoms with E-state index in [9.17, 15) is 0 Å². The van der Waals surface area contributed by atoms with E-state index in [2.05, 4.69) is 66.3 Å². The second-order valence-electron chi connectivity index (χ2n) is 12.7. The predicted octanol–water partition coefficient (Wildman–Crippen LogP) is 12.7. The Morgan fingerprint density at radius 2 is 1.00 bits per heavy atom. The Kier molecular flexibility index (Phi) is 21.8. The number of hydrogen-bond acceptors (Lipinski definition) is 1. The smallest absolute Gasteiger partial charge is 0.0948 e. The van der Waals surface area contributed by atoms with Crippen LogP contribution in [0.4, 0.5) is 0 Å². The first-order valence-electron chi connectivity index (χ1n) is 17.9. The van der Waals surface area contributed by atoms with Crippen molar-refractivity contribution in [1.29, 1.82) is 0 Å². The number of benzene rings is 1. The number of rotatable bonds is 28. The first-order valence-corrected chi connectivity index (χ1v) is 17.9. The van der Waals surface area contributed by atoms with Crippen molar-refractivity contribution in [3.63, 3.8) is 0 Å². The molecule has 0 N–H and O–H groups in total. The summed E-state index contributed by atoms with van der Waals surface area (Å²) in [5.74, 6) is 0.693. The van der Waals surface area contributed by atoms with Crippen LogP contribution in [0, 0.1) is 5.92 Å². The van der Waals surface area contributed by atoms with Gasteiger partial charge in [-0.05, 0) is 30.7 Å². The minimum Gasteiger partial charge on any atom is -0.334 e. The minimum absolute atomic E-state index is 0.574. The zero-order valence-corrected chi connectivity index (χ0v) is 26.8. The summed E-state index contributed by atoms with van der Waals surface area (Å²) < 4.78 is 2.45. The van der Waals surface area contributed by atoms with Gasteiger partial charge in [0.15, 0.2) is 0 Å². The third kappa shape index (κ3) is 17.3. The lowest BCUT2D eigenvalue weighted by Crippen LogP contribution is -2.21. The van der Waals surface area contributed by atoms with Crippen LogP contribution in [0.2, 0.25) is 0 Å². The summed E-state index contributed by atoms with van der Waals surface area (Å²) in [4.78, 5) is 4.46. The Bertz CT molecular complexity index is 753. The highest BCUT2D eigenvalue weighted by atomic mass is 15.1. The Morgan fingerprint density at radius 1 is 0.550 bits per heavy atom. The molecule has 0 saturated heterocycles. The largest absolute Gasteiger partial charge is 0.334 e. The zero-order valence-electron chi connectivity index (χ0n) is 26.8. The van der Waals surface area contributed by atoms with E-state index in [1.54, 1.807) is 0 Å². The number of imidazole rings is 1. The van der Waals surface area contributed by atoms with Crippen LogP contribution in [0.15, 0.2) is 49.1 Å². The Morgan fingerprint density at radius 3 is 1.45 bits per heavy atom. The fourth-order valence-electron chi connectivity index (χ4n) is 6.53. The summed E-state index contributed by atoms with van der Waals surface area (Å²) in [7, 11) is 0. The van der Waals surface area contributed by atoms with Gasteiger partial charge in [-0.2, -0.15) is 0 Å². The van der Waals surface area contributed by atoms with Crippen molar-refractivity contribution in [2.45, 2.75) is 180 Å². The van der Waals surface area contributed by atoms with E-state index in [-0.39, 0.29) is 0 Å². The van der Waals surface area contributed by atoms with Gasteiger partial charge in [0.2, 0.25) is 0 Å². The van der Waals surface area contributed by atoms with Crippen molar-refractivity contribution in [2.24, 2.45) is 5.92 Å². The van der Waals surface area contributed by atoms with Gasteiger partial charge in [-0.1, -0.05) is 185 Å². The van der Waals surface area contributed by atoms with Gasteiger partial charge >= 0.3 is 0 Å². The van der Waals surface area contributed by atoms with Gasteiger partial charge in [0.25, 0.3) is 0 Å². The molecule has 2 unspecified atom stereocenters. The normalized spacial score (nSPS) is 13.1. The highest BCUT2D eigenvalue weighted by Crippen LogP contribution is 2.32. The topological polar surface area (TPSA) is 17.8 Å². The molecule has 228 valence electrons. The zero-order chi connectivity index (χ0) is 28.4. The highest BCUT2D eigenvalue weighted by Gasteiger charge is 2.23. The second kappa shape index (κ2) is 25.2. The van der Waals surface area contributed by atoms with Crippen molar-refractivity contribution >= 4 is 0 Å². The summed E-state index contributed by atoms with van der Waals surface area (Å²) >= 11 is 0. The Labute approximate surface area is 250 Å². The van der Waals surface area contributed by atoms with Crippen molar-refractivity contribution in [3.8, 4) is 0 Å². The van der Waals surface area contributed by atoms with Crippen LogP contribution in [0.25, 0.3) is 0 Å². The summed E-state index contributed by atoms with van der Waals surface area (Å²) in [6.07, 6.45) is 41.3. The van der Waals surface area contributed by atoms with Crippen molar-refractivity contribution in [1.82, 2.24) is 9.55 Å². The summed E-state index contributed by atoms with van der Waals surface area (Å²) in [6, 6.07) is 11.8. The number of hydrogen-bond donors (Lipinski definition) is 0. The SMILES string of the molecule is CCCCCCCCCCCCCCC(C(CCCCCCCCCCCC)Cc1ccccc1)n1ccnc1. The molecule has 0 bridgehead atoms. The molecule has 2 nitrogen and oxygen atoms in total. The second-order valence-corrected chi connectivity index (χ2v) is 12.7. The Hall–Kier alpha value is -1.57. The van der Waals surface area contributed by atoms with E-state index < -0.39 is 0 Å². The van der Waals surface area contributed by atoms with Gasteiger partial charge < -0.3 is 4.57 Å². The molecule has 0 saturated carbocycles. The summed E-state index contributed by atoms with van der Waals surface area (Å²) in [5.41, 5.74) is 1.50. The maximum absolute atomic E-state index is 4.46. The predicted molar refractivity (Wildman–Crippen MR) is 177 cm³/mol. The molecule has 2 rings (SSSR count). The monoisotopic (exact) mass is 551 g/mol. The van der Waals surface area contributed by atoms with Crippen LogP contribution in [0.1, 0.15) is 180 Å². The minimum atomic E-state index is 0.574. The van der Waals surface area contributed by atoms with E-state index in [0.717, 1.165) is 0 Å². The van der Waals surface area contributed by atoms with Gasteiger partial charge in [-0.25, -0.2) is 4.98 Å². The van der Waals surface area contributed by atoms with E-state index >= 15 is 0 Å². The van der Waals surface area contributed by atoms with Gasteiger partial charge in [-0.3, -0.25) is 0 Å². The summed E-state index contributed by atoms with van der Waals surface area (Å²) in [6.45, 7) is 4.61. The van der Waals surface area contributed by atoms with E-state index in [1.807, 2.05) is 6.20 Å². The molecule has 0 aliphatic rings. The number of unbranched alkanes of at least 4 members (excludes halogenated alkanes) is 20. The highest BCUT2D eigenvalue weighted by molar-refractivity contribution is 5.15. The Balaban J connectivity index is 1.74. The molecule has 0 aliphatic carbocycles. The molecule has 0 aliphatic heterocycles. The molecule has 1 heterocycles. The first-order chi connectivity index (χ1) is 19.8. The quantitative estimate of drug-likeness (QED) is 0.0963. The molecular weight excluding hydrogens is 484 g/mol. The average Bonchev–Trinajstić information content (AvgIpc) is 3.51. The maximum Gasteiger partial charge on any atom is 0.0948 e. The number of aromatic nitrogens is 2. The van der Waals surface area contributed by atoms with Crippen LogP contribution in [0.5, 0.6) is 0 Å². The fraction of sp³-hybridized carbons (Fsp3) is 0.763. The van der Waals surface area contributed by atoms with Gasteiger partial charge in [0.1, 0.15) is 0 Å². The van der Waals surface area contributed by atoms with E-state index in [4.69, 9.17) is 0 Å². The molecule has 0 amide bonds. The molecule has 1 aromatic carbocycles. The molecule has 0 spiro atoms. The van der Waals surface area contributed by atoms with Crippen molar-refractivity contribution in [2.75, 3.05) is 0 Å². The van der Waals surface area contributed by atoms with Crippen LogP contribution in [-0.4, -0.2) is 9.55 Å². The molecule has 40 heavy (non-hydrogen) atoms. The van der Waals surface area contributed by atoms with Crippen molar-refractivity contribution < 1.29 is 0 Å². The van der Waals surface area contributed by atoms with Crippen LogP contribution in [-0.2, 0) is 6.42 Å². The van der Waals surface area contributed by atoms with Crippen LogP contribution < -0.4 is 0 Å². The lowest BCUT2D eigenvalue weighted by molar-refractivity contribution is 0.275. The molecule has 1 aromatic heterocycles. The third-order valence-electron chi connectivity index (χ3n) is 9.07. The third-order valence-corrected chi connectivity index (χ3v) is 9.07. The molecule has 2 heteroatoms. The summed E-state index contributed by atoms with van der Waals surface area (Å²) in [5, 5.41) is 0. The number of nitrogens with zero attached hydrogens (tertiary/aromatic N) is 2. The molecule has 2 aromatic rings. The van der Waals surface area contributed by atoms with Crippen LogP contribution in [0.3, 0.4) is 0 Å². The standard InChI is InChI=1S/C38H66N2/c1-3-5-7-9-11-13-15-16-18-20-22-27-31-38(40-33-32-39-35-40)37(34-36-28-24-23-25-29-36)30-26-21-19-17-14-12-10-8-6-4-2/h23-25,28-29,32-33,35,37-38H,3-22,26-27,30-31,34H2,1-2H3. The van der Waals surface area contributed by atoms with E-state index in [0.29, 0.717) is 12.0 Å². The van der Waals surface area contributed by atoms with Crippen molar-refractivity contribution in [3.05, 3.63) is 54.6 Å². The van der Waals surface area contributed by atoms with Gasteiger partial charge in [0, 0.05) is 18.4 Å². The lowest BCUT2D eigenvalue weighted by atomic mass is 9.84.